The Morgan fingerprint density at radius 1 is 1.11 bits per heavy atom. The minimum Gasteiger partial charge on any atom is -0.479 e. The highest BCUT2D eigenvalue weighted by Gasteiger charge is 2.49. The second-order valence-corrected chi connectivity index (χ2v) is 11.1. The Morgan fingerprint density at radius 2 is 1.83 bits per heavy atom. The first-order chi connectivity index (χ1) is 17.3. The number of rotatable bonds is 9. The van der Waals surface area contributed by atoms with Crippen molar-refractivity contribution in [1.29, 1.82) is 0 Å². The van der Waals surface area contributed by atoms with Gasteiger partial charge >= 0.3 is 5.97 Å². The van der Waals surface area contributed by atoms with Gasteiger partial charge in [0.25, 0.3) is 5.91 Å². The zero-order valence-electron chi connectivity index (χ0n) is 19.8. The molecule has 10 heteroatoms. The van der Waals surface area contributed by atoms with Gasteiger partial charge in [-0.3, -0.25) is 4.79 Å². The average Bonchev–Trinajstić information content (AvgIpc) is 3.52. The quantitative estimate of drug-likeness (QED) is 0.319. The van der Waals surface area contributed by atoms with Crippen LogP contribution in [-0.2, 0) is 11.3 Å². The third-order valence-corrected chi connectivity index (χ3v) is 8.86. The fourth-order valence-electron chi connectivity index (χ4n) is 4.02. The first kappa shape index (κ1) is 26.5. The van der Waals surface area contributed by atoms with Crippen molar-refractivity contribution in [2.24, 2.45) is 0 Å². The summed E-state index contributed by atoms with van der Waals surface area (Å²) in [5.41, 5.74) is -0.471. The van der Waals surface area contributed by atoms with Crippen LogP contribution in [0.4, 0.5) is 5.13 Å². The molecule has 2 heterocycles. The van der Waals surface area contributed by atoms with Gasteiger partial charge in [0.1, 0.15) is 0 Å². The van der Waals surface area contributed by atoms with E-state index >= 15 is 0 Å². The number of carboxylic acid groups (broad SMARTS) is 1. The molecular weight excluding hydrogens is 537 g/mol. The van der Waals surface area contributed by atoms with E-state index in [9.17, 15) is 14.7 Å². The second kappa shape index (κ2) is 11.3. The van der Waals surface area contributed by atoms with Crippen LogP contribution < -0.4 is 4.90 Å². The lowest BCUT2D eigenvalue weighted by Gasteiger charge is -2.36. The molecule has 1 aliphatic heterocycles. The topological polar surface area (TPSA) is 73.7 Å². The lowest BCUT2D eigenvalue weighted by molar-refractivity contribution is -0.145. The SMILES string of the molecule is CCN(CC)c1ncc(CN(C(=O)c2ccc(Cl)cc2Cl)C2(C(=O)O)C=C(c3ccccc3)SC2)s1. The first-order valence-corrected chi connectivity index (χ1v) is 14.0. The smallest absolute Gasteiger partial charge is 0.334 e. The number of halogens is 2. The predicted molar refractivity (Wildman–Crippen MR) is 149 cm³/mol. The van der Waals surface area contributed by atoms with Gasteiger partial charge in [0.05, 0.1) is 17.1 Å². The summed E-state index contributed by atoms with van der Waals surface area (Å²) in [4.78, 5) is 36.5. The van der Waals surface area contributed by atoms with Crippen LogP contribution >= 0.6 is 46.3 Å². The van der Waals surface area contributed by atoms with Gasteiger partial charge in [0.15, 0.2) is 10.7 Å². The monoisotopic (exact) mass is 561 g/mol. The molecule has 1 unspecified atom stereocenters. The second-order valence-electron chi connectivity index (χ2n) is 8.19. The molecule has 0 saturated heterocycles. The van der Waals surface area contributed by atoms with Crippen LogP contribution in [0, 0.1) is 0 Å². The van der Waals surface area contributed by atoms with Crippen LogP contribution in [0.2, 0.25) is 10.0 Å². The molecule has 36 heavy (non-hydrogen) atoms. The summed E-state index contributed by atoms with van der Waals surface area (Å²) in [5.74, 6) is -1.42. The normalized spacial score (nSPS) is 17.1. The molecule has 6 nitrogen and oxygen atoms in total. The summed E-state index contributed by atoms with van der Waals surface area (Å²) in [6.07, 6.45) is 3.39. The summed E-state index contributed by atoms with van der Waals surface area (Å²) in [6.45, 7) is 5.76. The summed E-state index contributed by atoms with van der Waals surface area (Å²) in [7, 11) is 0. The van der Waals surface area contributed by atoms with E-state index in [-0.39, 0.29) is 22.9 Å². The Hall–Kier alpha value is -2.52. The van der Waals surface area contributed by atoms with Crippen LogP contribution in [0.5, 0.6) is 0 Å². The summed E-state index contributed by atoms with van der Waals surface area (Å²) in [5, 5.41) is 11.9. The molecule has 0 spiro atoms. The number of hydrogen-bond donors (Lipinski definition) is 1. The molecule has 2 aromatic carbocycles. The van der Waals surface area contributed by atoms with E-state index in [2.05, 4.69) is 9.88 Å². The third kappa shape index (κ3) is 5.27. The number of nitrogens with zero attached hydrogens (tertiary/aromatic N) is 3. The zero-order valence-corrected chi connectivity index (χ0v) is 22.9. The van der Waals surface area contributed by atoms with Gasteiger partial charge in [-0.15, -0.1) is 23.1 Å². The first-order valence-electron chi connectivity index (χ1n) is 11.4. The molecule has 0 fully saturated rings. The van der Waals surface area contributed by atoms with Crippen LogP contribution in [0.25, 0.3) is 4.91 Å². The summed E-state index contributed by atoms with van der Waals surface area (Å²) in [6, 6.07) is 14.2. The van der Waals surface area contributed by atoms with Gasteiger partial charge in [-0.1, -0.05) is 53.5 Å². The number of benzene rings is 2. The number of anilines is 1. The largest absolute Gasteiger partial charge is 0.479 e. The molecular formula is C26H25Cl2N3O3S2. The highest BCUT2D eigenvalue weighted by molar-refractivity contribution is 8.08. The summed E-state index contributed by atoms with van der Waals surface area (Å²) < 4.78 is 0. The van der Waals surface area contributed by atoms with Crippen molar-refractivity contribution in [2.45, 2.75) is 25.9 Å². The molecule has 1 amide bonds. The van der Waals surface area contributed by atoms with Crippen LogP contribution in [0.15, 0.2) is 60.8 Å². The number of hydrogen-bond acceptors (Lipinski definition) is 6. The number of amides is 1. The van der Waals surface area contributed by atoms with E-state index in [4.69, 9.17) is 23.2 Å². The Morgan fingerprint density at radius 3 is 2.47 bits per heavy atom. The number of carboxylic acids is 1. The number of carbonyl (C=O) groups excluding carboxylic acids is 1. The zero-order chi connectivity index (χ0) is 25.9. The Labute approximate surface area is 228 Å². The van der Waals surface area contributed by atoms with Crippen molar-refractivity contribution >= 4 is 68.2 Å². The number of aromatic nitrogens is 1. The van der Waals surface area contributed by atoms with Crippen molar-refractivity contribution in [3.05, 3.63) is 86.9 Å². The van der Waals surface area contributed by atoms with Gasteiger partial charge in [0, 0.05) is 39.8 Å². The maximum Gasteiger partial charge on any atom is 0.334 e. The minimum absolute atomic E-state index is 0.0716. The van der Waals surface area contributed by atoms with Crippen molar-refractivity contribution < 1.29 is 14.7 Å². The number of aliphatic carboxylic acids is 1. The molecule has 3 aromatic rings. The average molecular weight is 563 g/mol. The van der Waals surface area contributed by atoms with Crippen molar-refractivity contribution in [3.63, 3.8) is 0 Å². The number of thiazole rings is 1. The van der Waals surface area contributed by atoms with Crippen LogP contribution in [-0.4, -0.2) is 51.2 Å². The molecule has 0 radical (unpaired) electrons. The fraction of sp³-hybridized carbons (Fsp3) is 0.269. The number of carbonyl (C=O) groups is 2. The van der Waals surface area contributed by atoms with Crippen molar-refractivity contribution in [3.8, 4) is 0 Å². The minimum atomic E-state index is -1.57. The van der Waals surface area contributed by atoms with Gasteiger partial charge in [-0.2, -0.15) is 0 Å². The highest BCUT2D eigenvalue weighted by atomic mass is 35.5. The van der Waals surface area contributed by atoms with E-state index in [1.54, 1.807) is 18.3 Å². The lowest BCUT2D eigenvalue weighted by Crippen LogP contribution is -2.56. The number of thioether (sulfide) groups is 1. The molecule has 1 aromatic heterocycles. The molecule has 0 saturated carbocycles. The Balaban J connectivity index is 1.80. The molecule has 0 bridgehead atoms. The molecule has 1 atom stereocenters. The maximum absolute atomic E-state index is 13.9. The van der Waals surface area contributed by atoms with Gasteiger partial charge < -0.3 is 14.9 Å². The molecule has 188 valence electrons. The highest BCUT2D eigenvalue weighted by Crippen LogP contribution is 2.44. The Bertz CT molecular complexity index is 1290. The predicted octanol–water partition coefficient (Wildman–Crippen LogP) is 6.55. The van der Waals surface area contributed by atoms with E-state index in [0.29, 0.717) is 5.02 Å². The molecule has 1 N–H and O–H groups in total. The maximum atomic E-state index is 13.9. The van der Waals surface area contributed by atoms with Gasteiger partial charge in [-0.05, 0) is 43.7 Å². The molecule has 4 rings (SSSR count). The van der Waals surface area contributed by atoms with Gasteiger partial charge in [0.2, 0.25) is 0 Å². The van der Waals surface area contributed by atoms with Crippen molar-refractivity contribution in [1.82, 2.24) is 9.88 Å². The van der Waals surface area contributed by atoms with E-state index < -0.39 is 17.4 Å². The third-order valence-electron chi connectivity index (χ3n) is 6.02. The van der Waals surface area contributed by atoms with E-state index in [1.807, 2.05) is 44.2 Å². The molecule has 0 aliphatic carbocycles. The van der Waals surface area contributed by atoms with E-state index in [1.165, 1.54) is 40.1 Å². The van der Waals surface area contributed by atoms with E-state index in [0.717, 1.165) is 33.6 Å². The van der Waals surface area contributed by atoms with Crippen molar-refractivity contribution in [2.75, 3.05) is 23.7 Å². The van der Waals surface area contributed by atoms with Crippen LogP contribution in [0.1, 0.15) is 34.6 Å². The Kier molecular flexibility index (Phi) is 8.30. The molecule has 1 aliphatic rings. The lowest BCUT2D eigenvalue weighted by atomic mass is 9.96. The van der Waals surface area contributed by atoms with Gasteiger partial charge in [-0.25, -0.2) is 9.78 Å². The van der Waals surface area contributed by atoms with Crippen LogP contribution in [0.3, 0.4) is 0 Å². The summed E-state index contributed by atoms with van der Waals surface area (Å²) >= 11 is 15.3. The standard InChI is InChI=1S/C26H25Cl2N3O3S2/c1-3-30(4-2)25-29-14-19(36-25)15-31(23(32)20-11-10-18(27)12-21(20)28)26(24(33)34)13-22(35-16-26)17-8-6-5-7-9-17/h5-14H,3-4,15-16H2,1-2H3,(H,33,34). The fourth-order valence-corrected chi connectivity index (χ4v) is 6.86.